The number of urea groups is 1. The quantitative estimate of drug-likeness (QED) is 0.813. The Hall–Kier alpha value is -1.26. The van der Waals surface area contributed by atoms with Crippen LogP contribution in [-0.2, 0) is 4.79 Å². The van der Waals surface area contributed by atoms with Crippen molar-refractivity contribution >= 4 is 12.0 Å². The molecule has 1 saturated heterocycles. The molecule has 1 aliphatic heterocycles. The molecular formula is C15H26N2O3. The summed E-state index contributed by atoms with van der Waals surface area (Å²) >= 11 is 0. The lowest BCUT2D eigenvalue weighted by molar-refractivity contribution is -0.146. The Morgan fingerprint density at radius 3 is 2.55 bits per heavy atom. The molecule has 1 unspecified atom stereocenters. The molecule has 0 spiro atoms. The number of aliphatic carboxylic acids is 1. The van der Waals surface area contributed by atoms with Crippen LogP contribution < -0.4 is 5.32 Å². The molecule has 1 heterocycles. The van der Waals surface area contributed by atoms with Gasteiger partial charge in [0.2, 0.25) is 0 Å². The van der Waals surface area contributed by atoms with E-state index in [1.54, 1.807) is 11.8 Å². The second-order valence-corrected chi connectivity index (χ2v) is 7.28. The van der Waals surface area contributed by atoms with E-state index in [1.165, 1.54) is 12.8 Å². The van der Waals surface area contributed by atoms with E-state index in [-0.39, 0.29) is 6.03 Å². The van der Waals surface area contributed by atoms with Crippen LogP contribution in [0, 0.1) is 16.7 Å². The van der Waals surface area contributed by atoms with Crippen LogP contribution in [0.4, 0.5) is 4.79 Å². The molecular weight excluding hydrogens is 256 g/mol. The van der Waals surface area contributed by atoms with Crippen LogP contribution in [0.1, 0.15) is 46.5 Å². The first-order chi connectivity index (χ1) is 9.24. The van der Waals surface area contributed by atoms with Gasteiger partial charge in [-0.15, -0.1) is 0 Å². The van der Waals surface area contributed by atoms with Gasteiger partial charge in [-0.1, -0.05) is 13.8 Å². The number of likely N-dealkylation sites (tertiary alicyclic amines) is 1. The molecule has 2 fully saturated rings. The Kier molecular flexibility index (Phi) is 3.98. The molecule has 0 bridgehead atoms. The Bertz CT molecular complexity index is 404. The van der Waals surface area contributed by atoms with Crippen LogP contribution in [0.2, 0.25) is 0 Å². The summed E-state index contributed by atoms with van der Waals surface area (Å²) in [5, 5.41) is 12.1. The number of carboxylic acid groups (broad SMARTS) is 1. The van der Waals surface area contributed by atoms with Gasteiger partial charge in [0.15, 0.2) is 0 Å². The van der Waals surface area contributed by atoms with Crippen molar-refractivity contribution in [1.29, 1.82) is 0 Å². The van der Waals surface area contributed by atoms with Gasteiger partial charge < -0.3 is 15.3 Å². The monoisotopic (exact) mass is 282 g/mol. The number of carbonyl (C=O) groups is 2. The number of hydrogen-bond donors (Lipinski definition) is 2. The third-order valence-electron chi connectivity index (χ3n) is 5.00. The molecule has 2 aliphatic rings. The lowest BCUT2D eigenvalue weighted by Crippen LogP contribution is -2.42. The average Bonchev–Trinajstić information content (AvgIpc) is 3.13. The number of carboxylic acids is 1. The van der Waals surface area contributed by atoms with Gasteiger partial charge in [-0.3, -0.25) is 4.79 Å². The molecule has 20 heavy (non-hydrogen) atoms. The first-order valence-corrected chi connectivity index (χ1v) is 7.51. The molecule has 0 aromatic heterocycles. The third-order valence-corrected chi connectivity index (χ3v) is 5.00. The van der Waals surface area contributed by atoms with Crippen molar-refractivity contribution in [1.82, 2.24) is 10.2 Å². The van der Waals surface area contributed by atoms with E-state index < -0.39 is 11.4 Å². The first kappa shape index (κ1) is 15.1. The van der Waals surface area contributed by atoms with Gasteiger partial charge in [0.1, 0.15) is 0 Å². The van der Waals surface area contributed by atoms with Crippen molar-refractivity contribution in [2.45, 2.75) is 46.5 Å². The number of carbonyl (C=O) groups excluding carboxylic acids is 1. The highest BCUT2D eigenvalue weighted by molar-refractivity contribution is 5.79. The molecule has 0 aromatic carbocycles. The highest BCUT2D eigenvalue weighted by Gasteiger charge is 2.42. The normalized spacial score (nSPS) is 26.6. The topological polar surface area (TPSA) is 69.6 Å². The van der Waals surface area contributed by atoms with E-state index in [2.05, 4.69) is 19.2 Å². The molecule has 0 aromatic rings. The van der Waals surface area contributed by atoms with Gasteiger partial charge >= 0.3 is 12.0 Å². The molecule has 114 valence electrons. The van der Waals surface area contributed by atoms with E-state index in [9.17, 15) is 9.59 Å². The van der Waals surface area contributed by atoms with Gasteiger partial charge in [-0.2, -0.15) is 0 Å². The fourth-order valence-corrected chi connectivity index (χ4v) is 2.98. The van der Waals surface area contributed by atoms with Crippen LogP contribution in [0.3, 0.4) is 0 Å². The average molecular weight is 282 g/mol. The zero-order chi connectivity index (χ0) is 15.0. The van der Waals surface area contributed by atoms with Gasteiger partial charge in [0.05, 0.1) is 5.41 Å². The van der Waals surface area contributed by atoms with Gasteiger partial charge in [0.25, 0.3) is 0 Å². The minimum atomic E-state index is -0.817. The number of amides is 2. The fraction of sp³-hybridized carbons (Fsp3) is 0.867. The summed E-state index contributed by atoms with van der Waals surface area (Å²) in [7, 11) is 0. The summed E-state index contributed by atoms with van der Waals surface area (Å²) in [6.07, 6.45) is 4.13. The molecule has 5 nitrogen and oxygen atoms in total. The molecule has 0 radical (unpaired) electrons. The minimum absolute atomic E-state index is 0.124. The lowest BCUT2D eigenvalue weighted by atomic mass is 9.84. The highest BCUT2D eigenvalue weighted by atomic mass is 16.4. The predicted octanol–water partition coefficient (Wildman–Crippen LogP) is 2.32. The summed E-state index contributed by atoms with van der Waals surface area (Å²) in [6, 6.07) is -0.124. The van der Waals surface area contributed by atoms with Gasteiger partial charge in [0, 0.05) is 19.6 Å². The van der Waals surface area contributed by atoms with Crippen LogP contribution in [0.15, 0.2) is 0 Å². The summed E-state index contributed by atoms with van der Waals surface area (Å²) < 4.78 is 0. The van der Waals surface area contributed by atoms with Crippen molar-refractivity contribution in [2.24, 2.45) is 16.7 Å². The van der Waals surface area contributed by atoms with Gasteiger partial charge in [-0.05, 0) is 43.9 Å². The van der Waals surface area contributed by atoms with Crippen molar-refractivity contribution < 1.29 is 14.7 Å². The smallest absolute Gasteiger partial charge is 0.317 e. The van der Waals surface area contributed by atoms with E-state index >= 15 is 0 Å². The zero-order valence-corrected chi connectivity index (χ0v) is 12.7. The molecule has 2 N–H and O–H groups in total. The summed E-state index contributed by atoms with van der Waals surface area (Å²) in [5.74, 6) is -0.0100. The van der Waals surface area contributed by atoms with Crippen molar-refractivity contribution in [3.63, 3.8) is 0 Å². The first-order valence-electron chi connectivity index (χ1n) is 7.51. The van der Waals surface area contributed by atoms with Crippen molar-refractivity contribution in [2.75, 3.05) is 19.6 Å². The molecule has 1 aliphatic carbocycles. The Labute approximate surface area is 120 Å². The standard InChI is InChI=1S/C15H26N2O3/c1-14(2,11-4-5-11)6-8-16-13(20)17-9-7-15(3,10-17)12(18)19/h11H,4-10H2,1-3H3,(H,16,20)(H,18,19). The number of hydrogen-bond acceptors (Lipinski definition) is 2. The maximum atomic E-state index is 12.0. The van der Waals surface area contributed by atoms with Gasteiger partial charge in [-0.25, -0.2) is 4.79 Å². The fourth-order valence-electron chi connectivity index (χ4n) is 2.98. The van der Waals surface area contributed by atoms with Crippen LogP contribution in [0.5, 0.6) is 0 Å². The van der Waals surface area contributed by atoms with E-state index in [0.717, 1.165) is 12.3 Å². The summed E-state index contributed by atoms with van der Waals surface area (Å²) in [5.41, 5.74) is -0.488. The molecule has 2 rings (SSSR count). The number of nitrogens with one attached hydrogen (secondary N) is 1. The number of rotatable bonds is 5. The Balaban J connectivity index is 1.74. The SMILES string of the molecule is CC1(C(=O)O)CCN(C(=O)NCCC(C)(C)C2CC2)C1. The zero-order valence-electron chi connectivity index (χ0n) is 12.7. The van der Waals surface area contributed by atoms with Crippen LogP contribution >= 0.6 is 0 Å². The maximum absolute atomic E-state index is 12.0. The molecule has 2 amide bonds. The molecule has 1 atom stereocenters. The highest BCUT2D eigenvalue weighted by Crippen LogP contribution is 2.46. The Morgan fingerprint density at radius 2 is 2.05 bits per heavy atom. The largest absolute Gasteiger partial charge is 0.481 e. The van der Waals surface area contributed by atoms with Crippen LogP contribution in [-0.4, -0.2) is 41.6 Å². The van der Waals surface area contributed by atoms with Crippen LogP contribution in [0.25, 0.3) is 0 Å². The van der Waals surface area contributed by atoms with Crippen molar-refractivity contribution in [3.8, 4) is 0 Å². The number of nitrogens with zero attached hydrogens (tertiary/aromatic N) is 1. The summed E-state index contributed by atoms with van der Waals surface area (Å²) in [4.78, 5) is 24.8. The second-order valence-electron chi connectivity index (χ2n) is 7.28. The van der Waals surface area contributed by atoms with Crippen molar-refractivity contribution in [3.05, 3.63) is 0 Å². The molecule has 5 heteroatoms. The predicted molar refractivity (Wildman–Crippen MR) is 76.5 cm³/mol. The minimum Gasteiger partial charge on any atom is -0.481 e. The second kappa shape index (κ2) is 5.26. The van der Waals surface area contributed by atoms with E-state index in [0.29, 0.717) is 31.5 Å². The lowest BCUT2D eigenvalue weighted by Gasteiger charge is -2.25. The summed E-state index contributed by atoms with van der Waals surface area (Å²) in [6.45, 7) is 7.73. The van der Waals surface area contributed by atoms with E-state index in [1.807, 2.05) is 0 Å². The third kappa shape index (κ3) is 3.25. The Morgan fingerprint density at radius 1 is 1.40 bits per heavy atom. The molecule has 1 saturated carbocycles. The maximum Gasteiger partial charge on any atom is 0.317 e. The van der Waals surface area contributed by atoms with E-state index in [4.69, 9.17) is 5.11 Å².